The number of ether oxygens (including phenoxy) is 5. The van der Waals surface area contributed by atoms with E-state index < -0.39 is 5.97 Å². The zero-order chi connectivity index (χ0) is 22.7. The molecule has 0 fully saturated rings. The maximum absolute atomic E-state index is 11.5. The molecule has 8 heteroatoms. The van der Waals surface area contributed by atoms with Crippen molar-refractivity contribution in [2.45, 2.75) is 6.61 Å². The van der Waals surface area contributed by atoms with Crippen molar-refractivity contribution in [3.8, 4) is 34.1 Å². The molecule has 32 heavy (non-hydrogen) atoms. The molecule has 0 spiro atoms. The third-order valence-corrected chi connectivity index (χ3v) is 4.95. The summed E-state index contributed by atoms with van der Waals surface area (Å²) in [6.45, 7) is 0.153. The Morgan fingerprint density at radius 1 is 0.906 bits per heavy atom. The molecule has 2 aromatic carbocycles. The minimum atomic E-state index is -0.536. The number of hydrogen-bond donors (Lipinski definition) is 0. The highest BCUT2D eigenvalue weighted by Gasteiger charge is 2.17. The van der Waals surface area contributed by atoms with E-state index in [1.807, 2.05) is 24.3 Å². The van der Waals surface area contributed by atoms with E-state index in [-0.39, 0.29) is 12.4 Å². The van der Waals surface area contributed by atoms with Crippen LogP contribution in [0, 0.1) is 0 Å². The number of carbonyl (C=O) groups is 1. The monoisotopic (exact) mass is 438 g/mol. The lowest BCUT2D eigenvalue weighted by Gasteiger charge is -2.13. The quantitative estimate of drug-likeness (QED) is 0.352. The molecule has 2 heterocycles. The third kappa shape index (κ3) is 3.94. The molecule has 0 saturated carbocycles. The summed E-state index contributed by atoms with van der Waals surface area (Å²) in [5.74, 6) is 2.31. The van der Waals surface area contributed by atoms with Crippen LogP contribution in [0.4, 0.5) is 0 Å². The SMILES string of the molecule is COC(=O)c1ccc(COc2ccc3occ(-c4cc(OC)c(OC)c(OC)c4)c3c2)o1. The summed E-state index contributed by atoms with van der Waals surface area (Å²) in [7, 11) is 6.00. The minimum absolute atomic E-state index is 0.126. The third-order valence-electron chi connectivity index (χ3n) is 4.95. The first-order valence-electron chi connectivity index (χ1n) is 9.69. The van der Waals surface area contributed by atoms with Crippen LogP contribution in [-0.2, 0) is 11.3 Å². The predicted molar refractivity (Wildman–Crippen MR) is 116 cm³/mol. The number of methoxy groups -OCH3 is 4. The van der Waals surface area contributed by atoms with Crippen molar-refractivity contribution in [1.82, 2.24) is 0 Å². The fourth-order valence-electron chi connectivity index (χ4n) is 3.38. The summed E-state index contributed by atoms with van der Waals surface area (Å²) in [6, 6.07) is 12.4. The molecule has 0 bridgehead atoms. The van der Waals surface area contributed by atoms with E-state index in [1.165, 1.54) is 7.11 Å². The van der Waals surface area contributed by atoms with Crippen molar-refractivity contribution in [3.63, 3.8) is 0 Å². The zero-order valence-corrected chi connectivity index (χ0v) is 18.1. The van der Waals surface area contributed by atoms with Gasteiger partial charge >= 0.3 is 5.97 Å². The summed E-state index contributed by atoms with van der Waals surface area (Å²) in [5, 5.41) is 0.853. The van der Waals surface area contributed by atoms with Gasteiger partial charge in [-0.3, -0.25) is 0 Å². The van der Waals surface area contributed by atoms with E-state index >= 15 is 0 Å². The van der Waals surface area contributed by atoms with E-state index in [2.05, 4.69) is 4.74 Å². The van der Waals surface area contributed by atoms with Gasteiger partial charge in [0.1, 0.15) is 23.7 Å². The molecule has 0 radical (unpaired) electrons. The first kappa shape index (κ1) is 21.2. The van der Waals surface area contributed by atoms with Gasteiger partial charge in [0, 0.05) is 10.9 Å². The Balaban J connectivity index is 1.63. The standard InChI is InChI=1S/C24H22O8/c1-26-21-9-14(10-22(27-2)23(21)28-3)18-13-31-19-7-5-15(11-17(18)19)30-12-16-6-8-20(32-16)24(25)29-4/h5-11,13H,12H2,1-4H3. The van der Waals surface area contributed by atoms with Crippen LogP contribution in [0.15, 0.2) is 57.6 Å². The van der Waals surface area contributed by atoms with E-state index in [4.69, 9.17) is 27.8 Å². The van der Waals surface area contributed by atoms with Gasteiger partial charge in [-0.15, -0.1) is 0 Å². The highest BCUT2D eigenvalue weighted by Crippen LogP contribution is 2.43. The van der Waals surface area contributed by atoms with Crippen molar-refractivity contribution >= 4 is 16.9 Å². The highest BCUT2D eigenvalue weighted by atomic mass is 16.5. The molecule has 4 rings (SSSR count). The molecule has 0 aliphatic carbocycles. The second-order valence-electron chi connectivity index (χ2n) is 6.77. The first-order valence-corrected chi connectivity index (χ1v) is 9.69. The van der Waals surface area contributed by atoms with Crippen molar-refractivity contribution in [3.05, 3.63) is 60.2 Å². The van der Waals surface area contributed by atoms with Gasteiger partial charge in [0.05, 0.1) is 34.7 Å². The van der Waals surface area contributed by atoms with Gasteiger partial charge in [-0.2, -0.15) is 0 Å². The molecular weight excluding hydrogens is 416 g/mol. The predicted octanol–water partition coefficient (Wildman–Crippen LogP) is 5.08. The van der Waals surface area contributed by atoms with Crippen LogP contribution in [0.3, 0.4) is 0 Å². The summed E-state index contributed by atoms with van der Waals surface area (Å²) >= 11 is 0. The number of furan rings is 2. The number of fused-ring (bicyclic) bond motifs is 1. The van der Waals surface area contributed by atoms with Gasteiger partial charge in [-0.05, 0) is 48.0 Å². The van der Waals surface area contributed by atoms with E-state index in [1.54, 1.807) is 45.8 Å². The lowest BCUT2D eigenvalue weighted by molar-refractivity contribution is 0.0561. The first-order chi connectivity index (χ1) is 15.6. The van der Waals surface area contributed by atoms with E-state index in [0.717, 1.165) is 16.5 Å². The van der Waals surface area contributed by atoms with Gasteiger partial charge in [0.15, 0.2) is 11.5 Å². The molecule has 8 nitrogen and oxygen atoms in total. The molecule has 166 valence electrons. The molecule has 0 N–H and O–H groups in total. The summed E-state index contributed by atoms with van der Waals surface area (Å²) in [5.41, 5.74) is 2.38. The molecule has 4 aromatic rings. The average Bonchev–Trinajstić information content (AvgIpc) is 3.48. The number of esters is 1. The molecule has 0 aliphatic rings. The van der Waals surface area contributed by atoms with Crippen molar-refractivity contribution in [1.29, 1.82) is 0 Å². The number of hydrogen-bond acceptors (Lipinski definition) is 8. The largest absolute Gasteiger partial charge is 0.493 e. The highest BCUT2D eigenvalue weighted by molar-refractivity contribution is 5.95. The molecule has 0 aliphatic heterocycles. The normalized spacial score (nSPS) is 10.8. The zero-order valence-electron chi connectivity index (χ0n) is 18.1. The van der Waals surface area contributed by atoms with Crippen molar-refractivity contribution in [2.24, 2.45) is 0 Å². The van der Waals surface area contributed by atoms with E-state index in [9.17, 15) is 4.79 Å². The fraction of sp³-hybridized carbons (Fsp3) is 0.208. The lowest BCUT2D eigenvalue weighted by atomic mass is 10.0. The van der Waals surface area contributed by atoms with Crippen LogP contribution in [0.5, 0.6) is 23.0 Å². The number of carbonyl (C=O) groups excluding carboxylic acids is 1. The Labute approximate surface area is 184 Å². The van der Waals surface area contributed by atoms with Gasteiger partial charge in [0.2, 0.25) is 11.5 Å². The molecule has 2 aromatic heterocycles. The van der Waals surface area contributed by atoms with Crippen molar-refractivity contribution < 1.29 is 37.3 Å². The minimum Gasteiger partial charge on any atom is -0.493 e. The lowest BCUT2D eigenvalue weighted by Crippen LogP contribution is -1.99. The Morgan fingerprint density at radius 2 is 1.66 bits per heavy atom. The van der Waals surface area contributed by atoms with Crippen molar-refractivity contribution in [2.75, 3.05) is 28.4 Å². The molecule has 0 unspecified atom stereocenters. The van der Waals surface area contributed by atoms with Crippen LogP contribution < -0.4 is 18.9 Å². The van der Waals surface area contributed by atoms with Gasteiger partial charge < -0.3 is 32.5 Å². The van der Waals surface area contributed by atoms with Crippen LogP contribution >= 0.6 is 0 Å². The Bertz CT molecular complexity index is 1230. The van der Waals surface area contributed by atoms with Crippen LogP contribution in [0.1, 0.15) is 16.3 Å². The second kappa shape index (κ2) is 8.97. The van der Waals surface area contributed by atoms with E-state index in [0.29, 0.717) is 34.3 Å². The van der Waals surface area contributed by atoms with Crippen LogP contribution in [0.25, 0.3) is 22.1 Å². The molecule has 0 amide bonds. The Kier molecular flexibility index (Phi) is 5.93. The summed E-state index contributed by atoms with van der Waals surface area (Å²) in [4.78, 5) is 11.5. The number of benzene rings is 2. The maximum Gasteiger partial charge on any atom is 0.373 e. The summed E-state index contributed by atoms with van der Waals surface area (Å²) in [6.07, 6.45) is 1.67. The molecule has 0 saturated heterocycles. The van der Waals surface area contributed by atoms with Gasteiger partial charge in [-0.25, -0.2) is 4.79 Å². The molecule has 0 atom stereocenters. The van der Waals surface area contributed by atoms with Crippen LogP contribution in [-0.4, -0.2) is 34.4 Å². The topological polar surface area (TPSA) is 89.5 Å². The van der Waals surface area contributed by atoms with Gasteiger partial charge in [-0.1, -0.05) is 0 Å². The fourth-order valence-corrected chi connectivity index (χ4v) is 3.38. The van der Waals surface area contributed by atoms with Gasteiger partial charge in [0.25, 0.3) is 0 Å². The number of rotatable bonds is 8. The second-order valence-corrected chi connectivity index (χ2v) is 6.77. The Hall–Kier alpha value is -4.07. The smallest absolute Gasteiger partial charge is 0.373 e. The maximum atomic E-state index is 11.5. The Morgan fingerprint density at radius 3 is 2.31 bits per heavy atom. The average molecular weight is 438 g/mol. The molecular formula is C24H22O8. The summed E-state index contributed by atoms with van der Waals surface area (Å²) < 4.78 is 38.0. The van der Waals surface area contributed by atoms with Crippen LogP contribution in [0.2, 0.25) is 0 Å².